The molecule has 1 aromatic carbocycles. The van der Waals surface area contributed by atoms with E-state index in [1.165, 1.54) is 0 Å². The maximum absolute atomic E-state index is 5.91. The van der Waals surface area contributed by atoms with Crippen LogP contribution >= 0.6 is 23.2 Å². The molecule has 0 saturated carbocycles. The topological polar surface area (TPSA) is 51.0 Å². The molecule has 2 aromatic rings. The first-order valence-corrected chi connectivity index (χ1v) is 5.84. The van der Waals surface area contributed by atoms with Gasteiger partial charge in [-0.05, 0) is 17.7 Å². The molecule has 1 N–H and O–H groups in total. The second kappa shape index (κ2) is 5.49. The van der Waals surface area contributed by atoms with Crippen molar-refractivity contribution < 1.29 is 4.52 Å². The summed E-state index contributed by atoms with van der Waals surface area (Å²) in [4.78, 5) is 4.09. The molecule has 0 fully saturated rings. The lowest BCUT2D eigenvalue weighted by atomic mass is 10.2. The second-order valence-electron chi connectivity index (χ2n) is 3.58. The lowest BCUT2D eigenvalue weighted by Gasteiger charge is -2.03. The van der Waals surface area contributed by atoms with Gasteiger partial charge in [-0.25, -0.2) is 0 Å². The van der Waals surface area contributed by atoms with Gasteiger partial charge in [-0.15, -0.1) is 0 Å². The molecule has 0 amide bonds. The molecule has 0 atom stereocenters. The summed E-state index contributed by atoms with van der Waals surface area (Å²) in [5, 5.41) is 8.09. The van der Waals surface area contributed by atoms with Crippen LogP contribution in [0.25, 0.3) is 0 Å². The summed E-state index contributed by atoms with van der Waals surface area (Å²) in [7, 11) is 0. The van der Waals surface area contributed by atoms with Gasteiger partial charge in [0.2, 0.25) is 5.89 Å². The number of nitrogens with one attached hydrogen (secondary N) is 1. The fraction of sp³-hybridized carbons (Fsp3) is 0.273. The summed E-state index contributed by atoms with van der Waals surface area (Å²) >= 11 is 11.7. The molecule has 0 unspecified atom stereocenters. The SMILES string of the molecule is Cc1nc(CNCc2ccc(Cl)c(Cl)c2)no1. The van der Waals surface area contributed by atoms with Gasteiger partial charge in [-0.3, -0.25) is 0 Å². The van der Waals surface area contributed by atoms with Crippen molar-refractivity contribution in [3.8, 4) is 0 Å². The second-order valence-corrected chi connectivity index (χ2v) is 4.40. The molecule has 17 heavy (non-hydrogen) atoms. The van der Waals surface area contributed by atoms with Crippen molar-refractivity contribution >= 4 is 23.2 Å². The highest BCUT2D eigenvalue weighted by Crippen LogP contribution is 2.22. The van der Waals surface area contributed by atoms with E-state index in [4.69, 9.17) is 27.7 Å². The third kappa shape index (κ3) is 3.43. The number of hydrogen-bond donors (Lipinski definition) is 1. The van der Waals surface area contributed by atoms with Crippen LogP contribution in [0.2, 0.25) is 10.0 Å². The van der Waals surface area contributed by atoms with Crippen LogP contribution < -0.4 is 5.32 Å². The average Bonchev–Trinajstić information content (AvgIpc) is 2.70. The van der Waals surface area contributed by atoms with E-state index in [1.807, 2.05) is 12.1 Å². The Kier molecular flexibility index (Phi) is 3.99. The minimum Gasteiger partial charge on any atom is -0.340 e. The molecule has 1 aromatic heterocycles. The van der Waals surface area contributed by atoms with Crippen molar-refractivity contribution in [1.82, 2.24) is 15.5 Å². The lowest BCUT2D eigenvalue weighted by Crippen LogP contribution is -2.13. The maximum atomic E-state index is 5.91. The molecule has 0 radical (unpaired) electrons. The monoisotopic (exact) mass is 271 g/mol. The Hall–Kier alpha value is -1.10. The number of halogens is 2. The highest BCUT2D eigenvalue weighted by atomic mass is 35.5. The number of aryl methyl sites for hydroxylation is 1. The van der Waals surface area contributed by atoms with Gasteiger partial charge in [-0.1, -0.05) is 34.4 Å². The predicted molar refractivity (Wildman–Crippen MR) is 66.0 cm³/mol. The first-order valence-electron chi connectivity index (χ1n) is 5.09. The summed E-state index contributed by atoms with van der Waals surface area (Å²) in [5.41, 5.74) is 1.06. The third-order valence-electron chi connectivity index (χ3n) is 2.17. The molecule has 0 spiro atoms. The van der Waals surface area contributed by atoms with Crippen LogP contribution in [0.4, 0.5) is 0 Å². The van der Waals surface area contributed by atoms with Crippen molar-refractivity contribution in [3.63, 3.8) is 0 Å². The van der Waals surface area contributed by atoms with E-state index in [9.17, 15) is 0 Å². The maximum Gasteiger partial charge on any atom is 0.223 e. The molecular weight excluding hydrogens is 261 g/mol. The quantitative estimate of drug-likeness (QED) is 0.929. The molecule has 0 aliphatic heterocycles. The summed E-state index contributed by atoms with van der Waals surface area (Å²) in [5.74, 6) is 1.21. The van der Waals surface area contributed by atoms with Crippen LogP contribution in [0.15, 0.2) is 22.7 Å². The zero-order valence-corrected chi connectivity index (χ0v) is 10.7. The predicted octanol–water partition coefficient (Wildman–Crippen LogP) is 2.97. The van der Waals surface area contributed by atoms with Crippen LogP contribution in [0.5, 0.6) is 0 Å². The fourth-order valence-corrected chi connectivity index (χ4v) is 1.70. The van der Waals surface area contributed by atoms with Crippen LogP contribution in [0.3, 0.4) is 0 Å². The minimum atomic E-state index is 0.553. The van der Waals surface area contributed by atoms with Gasteiger partial charge in [0, 0.05) is 13.5 Å². The standard InChI is InChI=1S/C11H11Cl2N3O/c1-7-15-11(16-17-7)6-14-5-8-2-3-9(12)10(13)4-8/h2-4,14H,5-6H2,1H3. The normalized spacial score (nSPS) is 10.8. The van der Waals surface area contributed by atoms with Gasteiger partial charge < -0.3 is 9.84 Å². The molecule has 0 bridgehead atoms. The van der Waals surface area contributed by atoms with Crippen LogP contribution in [0, 0.1) is 6.92 Å². The fourth-order valence-electron chi connectivity index (χ4n) is 1.38. The summed E-state index contributed by atoms with van der Waals surface area (Å²) in [6.07, 6.45) is 0. The van der Waals surface area contributed by atoms with Gasteiger partial charge in [0.05, 0.1) is 16.6 Å². The average molecular weight is 272 g/mol. The van der Waals surface area contributed by atoms with E-state index in [0.717, 1.165) is 5.56 Å². The molecule has 0 aliphatic rings. The van der Waals surface area contributed by atoms with E-state index in [2.05, 4.69) is 15.5 Å². The lowest BCUT2D eigenvalue weighted by molar-refractivity contribution is 0.385. The molecule has 90 valence electrons. The Balaban J connectivity index is 1.87. The Morgan fingerprint density at radius 2 is 2.06 bits per heavy atom. The highest BCUT2D eigenvalue weighted by Gasteiger charge is 2.02. The van der Waals surface area contributed by atoms with Gasteiger partial charge in [0.25, 0.3) is 0 Å². The van der Waals surface area contributed by atoms with E-state index >= 15 is 0 Å². The van der Waals surface area contributed by atoms with Crippen LogP contribution in [0.1, 0.15) is 17.3 Å². The Labute approximate surface area is 109 Å². The third-order valence-corrected chi connectivity index (χ3v) is 2.90. The summed E-state index contributed by atoms with van der Waals surface area (Å²) in [6, 6.07) is 5.53. The number of nitrogens with zero attached hydrogens (tertiary/aromatic N) is 2. The molecule has 1 heterocycles. The van der Waals surface area contributed by atoms with Gasteiger partial charge >= 0.3 is 0 Å². The number of rotatable bonds is 4. The Bertz CT molecular complexity index is 513. The smallest absolute Gasteiger partial charge is 0.223 e. The van der Waals surface area contributed by atoms with Crippen molar-refractivity contribution in [1.29, 1.82) is 0 Å². The summed E-state index contributed by atoms with van der Waals surface area (Å²) < 4.78 is 4.86. The van der Waals surface area contributed by atoms with E-state index in [1.54, 1.807) is 13.0 Å². The van der Waals surface area contributed by atoms with Gasteiger partial charge in [-0.2, -0.15) is 4.98 Å². The molecular formula is C11H11Cl2N3O. The van der Waals surface area contributed by atoms with Crippen LogP contribution in [-0.2, 0) is 13.1 Å². The summed E-state index contributed by atoms with van der Waals surface area (Å²) in [6.45, 7) is 2.98. The van der Waals surface area contributed by atoms with E-state index < -0.39 is 0 Å². The molecule has 4 nitrogen and oxygen atoms in total. The molecule has 0 aliphatic carbocycles. The molecule has 0 saturated heterocycles. The van der Waals surface area contributed by atoms with Crippen molar-refractivity contribution in [2.75, 3.05) is 0 Å². The largest absolute Gasteiger partial charge is 0.340 e. The Morgan fingerprint density at radius 3 is 2.71 bits per heavy atom. The molecule has 6 heteroatoms. The van der Waals surface area contributed by atoms with Gasteiger partial charge in [0.1, 0.15) is 0 Å². The molecule has 2 rings (SSSR count). The number of aromatic nitrogens is 2. The first kappa shape index (κ1) is 12.4. The van der Waals surface area contributed by atoms with Gasteiger partial charge in [0.15, 0.2) is 5.82 Å². The van der Waals surface area contributed by atoms with E-state index in [-0.39, 0.29) is 0 Å². The first-order chi connectivity index (χ1) is 8.15. The number of hydrogen-bond acceptors (Lipinski definition) is 4. The Morgan fingerprint density at radius 1 is 1.24 bits per heavy atom. The van der Waals surface area contributed by atoms with Crippen molar-refractivity contribution in [2.45, 2.75) is 20.0 Å². The van der Waals surface area contributed by atoms with E-state index in [0.29, 0.717) is 34.8 Å². The highest BCUT2D eigenvalue weighted by molar-refractivity contribution is 6.42. The minimum absolute atomic E-state index is 0.553. The van der Waals surface area contributed by atoms with Crippen molar-refractivity contribution in [3.05, 3.63) is 45.5 Å². The van der Waals surface area contributed by atoms with Crippen molar-refractivity contribution in [2.24, 2.45) is 0 Å². The zero-order chi connectivity index (χ0) is 12.3. The number of benzene rings is 1. The zero-order valence-electron chi connectivity index (χ0n) is 9.20. The van der Waals surface area contributed by atoms with Crippen LogP contribution in [-0.4, -0.2) is 10.1 Å².